The third-order valence-corrected chi connectivity index (χ3v) is 4.50. The van der Waals surface area contributed by atoms with Crippen LogP contribution in [0.3, 0.4) is 0 Å². The highest BCUT2D eigenvalue weighted by atomic mass is 16.5. The summed E-state index contributed by atoms with van der Waals surface area (Å²) in [5, 5.41) is 12.9. The van der Waals surface area contributed by atoms with Crippen molar-refractivity contribution in [1.29, 1.82) is 0 Å². The number of nitrogens with one attached hydrogen (secondary N) is 1. The Morgan fingerprint density at radius 2 is 1.75 bits per heavy atom. The Morgan fingerprint density at radius 1 is 1.08 bits per heavy atom. The predicted molar refractivity (Wildman–Crippen MR) is 92.6 cm³/mol. The van der Waals surface area contributed by atoms with Crippen LogP contribution in [0.1, 0.15) is 30.9 Å². The third kappa shape index (κ3) is 4.15. The molecule has 126 valence electrons. The van der Waals surface area contributed by atoms with Gasteiger partial charge in [0.15, 0.2) is 0 Å². The quantitative estimate of drug-likeness (QED) is 0.858. The molecule has 1 saturated carbocycles. The van der Waals surface area contributed by atoms with Gasteiger partial charge in [0.2, 0.25) is 6.10 Å². The number of carbonyl (C=O) groups excluding carboxylic acids is 1. The molecule has 0 saturated heterocycles. The molecule has 0 spiro atoms. The highest BCUT2D eigenvalue weighted by Gasteiger charge is 2.28. The van der Waals surface area contributed by atoms with E-state index in [-0.39, 0.29) is 17.9 Å². The van der Waals surface area contributed by atoms with E-state index < -0.39 is 6.10 Å². The molecule has 2 N–H and O–H groups in total. The van der Waals surface area contributed by atoms with Crippen LogP contribution >= 0.6 is 0 Å². The van der Waals surface area contributed by atoms with Crippen LogP contribution < -0.4 is 10.1 Å². The molecule has 0 heterocycles. The first kappa shape index (κ1) is 16.5. The van der Waals surface area contributed by atoms with E-state index in [9.17, 15) is 9.90 Å². The summed E-state index contributed by atoms with van der Waals surface area (Å²) in [6, 6.07) is 18.8. The van der Waals surface area contributed by atoms with Gasteiger partial charge in [0, 0.05) is 18.0 Å². The van der Waals surface area contributed by atoms with Gasteiger partial charge < -0.3 is 15.2 Å². The predicted octanol–water partition coefficient (Wildman–Crippen LogP) is 3.08. The smallest absolute Gasteiger partial charge is 0.265 e. The lowest BCUT2D eigenvalue weighted by atomic mass is 10.1. The maximum atomic E-state index is 12.7. The lowest BCUT2D eigenvalue weighted by Gasteiger charge is -2.21. The molecule has 0 aliphatic heterocycles. The molecule has 1 aliphatic rings. The molecule has 3 unspecified atom stereocenters. The Hall–Kier alpha value is -2.33. The number of hydrogen-bond acceptors (Lipinski definition) is 3. The molecule has 1 aliphatic carbocycles. The van der Waals surface area contributed by atoms with Gasteiger partial charge in [-0.2, -0.15) is 0 Å². The van der Waals surface area contributed by atoms with E-state index in [4.69, 9.17) is 4.74 Å². The van der Waals surface area contributed by atoms with Crippen molar-refractivity contribution in [3.8, 4) is 5.75 Å². The third-order valence-electron chi connectivity index (χ3n) is 4.50. The number of aliphatic hydroxyl groups is 1. The molecule has 2 aromatic carbocycles. The van der Waals surface area contributed by atoms with E-state index in [0.717, 1.165) is 24.8 Å². The lowest BCUT2D eigenvalue weighted by Crippen LogP contribution is -2.37. The Kier molecular flexibility index (Phi) is 5.49. The first-order valence-electron chi connectivity index (χ1n) is 8.46. The van der Waals surface area contributed by atoms with Crippen molar-refractivity contribution < 1.29 is 14.6 Å². The summed E-state index contributed by atoms with van der Waals surface area (Å²) in [7, 11) is 0. The highest BCUT2D eigenvalue weighted by Crippen LogP contribution is 2.26. The zero-order valence-corrected chi connectivity index (χ0v) is 13.6. The van der Waals surface area contributed by atoms with Gasteiger partial charge in [-0.25, -0.2) is 0 Å². The maximum Gasteiger partial charge on any atom is 0.265 e. The monoisotopic (exact) mass is 325 g/mol. The molecule has 3 atom stereocenters. The molecule has 2 aromatic rings. The van der Waals surface area contributed by atoms with Crippen LogP contribution in [0.4, 0.5) is 0 Å². The van der Waals surface area contributed by atoms with Gasteiger partial charge in [-0.1, -0.05) is 55.0 Å². The van der Waals surface area contributed by atoms with E-state index in [0.29, 0.717) is 12.3 Å². The molecule has 4 heteroatoms. The largest absolute Gasteiger partial charge is 0.476 e. The van der Waals surface area contributed by atoms with Gasteiger partial charge in [0.25, 0.3) is 5.91 Å². The topological polar surface area (TPSA) is 58.6 Å². The zero-order chi connectivity index (χ0) is 16.8. The van der Waals surface area contributed by atoms with Crippen LogP contribution in [0.2, 0.25) is 0 Å². The first-order chi connectivity index (χ1) is 11.7. The molecular formula is C20H23NO3. The van der Waals surface area contributed by atoms with E-state index in [1.54, 1.807) is 0 Å². The van der Waals surface area contributed by atoms with Crippen LogP contribution in [0.15, 0.2) is 60.7 Å². The van der Waals surface area contributed by atoms with Gasteiger partial charge in [-0.15, -0.1) is 0 Å². The summed E-state index contributed by atoms with van der Waals surface area (Å²) >= 11 is 0. The summed E-state index contributed by atoms with van der Waals surface area (Å²) in [4.78, 5) is 12.7. The van der Waals surface area contributed by atoms with Crippen molar-refractivity contribution in [2.45, 2.75) is 31.5 Å². The van der Waals surface area contributed by atoms with Crippen molar-refractivity contribution in [1.82, 2.24) is 5.32 Å². The van der Waals surface area contributed by atoms with Crippen LogP contribution in [0.25, 0.3) is 0 Å². The minimum Gasteiger partial charge on any atom is -0.476 e. The van der Waals surface area contributed by atoms with Crippen molar-refractivity contribution in [3.05, 3.63) is 66.2 Å². The number of carbonyl (C=O) groups is 1. The van der Waals surface area contributed by atoms with Gasteiger partial charge in [0.05, 0.1) is 6.10 Å². The van der Waals surface area contributed by atoms with Gasteiger partial charge >= 0.3 is 0 Å². The van der Waals surface area contributed by atoms with Crippen molar-refractivity contribution in [2.75, 3.05) is 6.54 Å². The Morgan fingerprint density at radius 3 is 2.38 bits per heavy atom. The lowest BCUT2D eigenvalue weighted by molar-refractivity contribution is -0.128. The number of hydrogen-bond donors (Lipinski definition) is 2. The molecule has 3 rings (SSSR count). The summed E-state index contributed by atoms with van der Waals surface area (Å²) in [5.41, 5.74) is 0.811. The minimum absolute atomic E-state index is 0.141. The maximum absolute atomic E-state index is 12.7. The summed E-state index contributed by atoms with van der Waals surface area (Å²) in [6.07, 6.45) is 1.78. The fraction of sp³-hybridized carbons (Fsp3) is 0.350. The van der Waals surface area contributed by atoms with E-state index in [1.165, 1.54) is 0 Å². The second-order valence-electron chi connectivity index (χ2n) is 6.23. The van der Waals surface area contributed by atoms with Crippen molar-refractivity contribution in [3.63, 3.8) is 0 Å². The molecule has 24 heavy (non-hydrogen) atoms. The second kappa shape index (κ2) is 7.97. The number of benzene rings is 2. The first-order valence-corrected chi connectivity index (χ1v) is 8.46. The van der Waals surface area contributed by atoms with E-state index >= 15 is 0 Å². The minimum atomic E-state index is -0.702. The number of para-hydroxylation sites is 1. The van der Waals surface area contributed by atoms with Crippen LogP contribution in [0.5, 0.6) is 5.75 Å². The molecular weight excluding hydrogens is 302 g/mol. The average molecular weight is 325 g/mol. The Labute approximate surface area is 142 Å². The molecule has 1 amide bonds. The molecule has 0 radical (unpaired) electrons. The normalized spacial score (nSPS) is 21.2. The number of aliphatic hydroxyl groups excluding tert-OH is 1. The SMILES string of the molecule is O=C(NCC1CCCC1O)C(Oc1ccccc1)c1ccccc1. The number of rotatable bonds is 6. The van der Waals surface area contributed by atoms with Crippen LogP contribution in [-0.4, -0.2) is 23.7 Å². The second-order valence-corrected chi connectivity index (χ2v) is 6.23. The average Bonchev–Trinajstić information content (AvgIpc) is 3.04. The van der Waals surface area contributed by atoms with Crippen LogP contribution in [0, 0.1) is 5.92 Å². The summed E-state index contributed by atoms with van der Waals surface area (Å²) < 4.78 is 5.93. The molecule has 0 bridgehead atoms. The van der Waals surface area contributed by atoms with Crippen LogP contribution in [-0.2, 0) is 4.79 Å². The standard InChI is InChI=1S/C20H23NO3/c22-18-13-7-10-16(18)14-21-20(23)19(15-8-3-1-4-9-15)24-17-11-5-2-6-12-17/h1-6,8-9,11-12,16,18-19,22H,7,10,13-14H2,(H,21,23). The van der Waals surface area contributed by atoms with Gasteiger partial charge in [-0.3, -0.25) is 4.79 Å². The zero-order valence-electron chi connectivity index (χ0n) is 13.6. The van der Waals surface area contributed by atoms with E-state index in [1.807, 2.05) is 60.7 Å². The highest BCUT2D eigenvalue weighted by molar-refractivity contribution is 5.82. The van der Waals surface area contributed by atoms with Crippen molar-refractivity contribution >= 4 is 5.91 Å². The molecule has 0 aromatic heterocycles. The molecule has 1 fully saturated rings. The Balaban J connectivity index is 1.70. The van der Waals surface area contributed by atoms with E-state index in [2.05, 4.69) is 5.32 Å². The van der Waals surface area contributed by atoms with Gasteiger partial charge in [-0.05, 0) is 25.0 Å². The molecule has 4 nitrogen and oxygen atoms in total. The summed E-state index contributed by atoms with van der Waals surface area (Å²) in [5.74, 6) is 0.619. The fourth-order valence-electron chi connectivity index (χ4n) is 3.12. The Bertz CT molecular complexity index is 644. The fourth-order valence-corrected chi connectivity index (χ4v) is 3.12. The number of amides is 1. The van der Waals surface area contributed by atoms with Crippen molar-refractivity contribution in [2.24, 2.45) is 5.92 Å². The summed E-state index contributed by atoms with van der Waals surface area (Å²) in [6.45, 7) is 0.488. The van der Waals surface area contributed by atoms with Gasteiger partial charge in [0.1, 0.15) is 5.75 Å². The number of ether oxygens (including phenoxy) is 1.